The zero-order chi connectivity index (χ0) is 11.4. The van der Waals surface area contributed by atoms with Crippen molar-refractivity contribution in [1.82, 2.24) is 5.32 Å². The maximum Gasteiger partial charge on any atom is 0.0992 e. The Kier molecular flexibility index (Phi) is 3.43. The standard InChI is InChI=1S/C13H17N3/c1-10-7-13(5-6-15-10)16-12-4-2-3-11(8-12)9-14/h2-4,8,10,13,15-16H,5-7H2,1H3. The van der Waals surface area contributed by atoms with Crippen molar-refractivity contribution in [3.05, 3.63) is 29.8 Å². The van der Waals surface area contributed by atoms with Gasteiger partial charge in [0.1, 0.15) is 0 Å². The molecular weight excluding hydrogens is 198 g/mol. The highest BCUT2D eigenvalue weighted by Gasteiger charge is 2.17. The van der Waals surface area contributed by atoms with Crippen molar-refractivity contribution < 1.29 is 0 Å². The van der Waals surface area contributed by atoms with E-state index >= 15 is 0 Å². The van der Waals surface area contributed by atoms with Crippen molar-refractivity contribution in [2.24, 2.45) is 0 Å². The average Bonchev–Trinajstić information content (AvgIpc) is 2.29. The van der Waals surface area contributed by atoms with Crippen molar-refractivity contribution in [3.8, 4) is 6.07 Å². The van der Waals surface area contributed by atoms with E-state index in [-0.39, 0.29) is 0 Å². The average molecular weight is 215 g/mol. The lowest BCUT2D eigenvalue weighted by molar-refractivity contribution is 0.396. The van der Waals surface area contributed by atoms with Crippen LogP contribution in [-0.4, -0.2) is 18.6 Å². The molecule has 0 aliphatic carbocycles. The molecule has 3 nitrogen and oxygen atoms in total. The summed E-state index contributed by atoms with van der Waals surface area (Å²) in [7, 11) is 0. The van der Waals surface area contributed by atoms with Gasteiger partial charge in [0.2, 0.25) is 0 Å². The Hall–Kier alpha value is -1.53. The monoisotopic (exact) mass is 215 g/mol. The Balaban J connectivity index is 2.00. The fourth-order valence-corrected chi connectivity index (χ4v) is 2.18. The zero-order valence-corrected chi connectivity index (χ0v) is 9.53. The summed E-state index contributed by atoms with van der Waals surface area (Å²) in [5.41, 5.74) is 1.77. The minimum Gasteiger partial charge on any atom is -0.382 e. The second-order valence-corrected chi connectivity index (χ2v) is 4.41. The molecule has 1 aromatic rings. The van der Waals surface area contributed by atoms with Gasteiger partial charge in [-0.05, 0) is 44.5 Å². The number of hydrogen-bond acceptors (Lipinski definition) is 3. The van der Waals surface area contributed by atoms with Crippen molar-refractivity contribution in [1.29, 1.82) is 5.26 Å². The van der Waals surface area contributed by atoms with Crippen molar-refractivity contribution in [2.45, 2.75) is 31.8 Å². The topological polar surface area (TPSA) is 47.9 Å². The highest BCUT2D eigenvalue weighted by atomic mass is 15.0. The van der Waals surface area contributed by atoms with Crippen LogP contribution in [0, 0.1) is 11.3 Å². The van der Waals surface area contributed by atoms with Gasteiger partial charge in [-0.3, -0.25) is 0 Å². The fourth-order valence-electron chi connectivity index (χ4n) is 2.18. The number of nitrogens with one attached hydrogen (secondary N) is 2. The summed E-state index contributed by atoms with van der Waals surface area (Å²) in [5.74, 6) is 0. The maximum absolute atomic E-state index is 8.82. The molecule has 0 saturated carbocycles. The molecule has 3 heteroatoms. The van der Waals surface area contributed by atoms with Crippen LogP contribution in [0.1, 0.15) is 25.3 Å². The molecule has 84 valence electrons. The number of benzene rings is 1. The van der Waals surface area contributed by atoms with Crippen molar-refractivity contribution in [2.75, 3.05) is 11.9 Å². The Morgan fingerprint density at radius 2 is 2.38 bits per heavy atom. The van der Waals surface area contributed by atoms with Crippen LogP contribution in [0.25, 0.3) is 0 Å². The second kappa shape index (κ2) is 5.00. The predicted molar refractivity (Wildman–Crippen MR) is 65.3 cm³/mol. The SMILES string of the molecule is CC1CC(Nc2cccc(C#N)c2)CCN1. The second-order valence-electron chi connectivity index (χ2n) is 4.41. The summed E-state index contributed by atoms with van der Waals surface area (Å²) < 4.78 is 0. The van der Waals surface area contributed by atoms with Crippen LogP contribution in [0.15, 0.2) is 24.3 Å². The molecule has 1 saturated heterocycles. The van der Waals surface area contributed by atoms with E-state index in [0.717, 1.165) is 25.1 Å². The molecule has 0 radical (unpaired) electrons. The van der Waals surface area contributed by atoms with E-state index in [1.165, 1.54) is 0 Å². The number of hydrogen-bond donors (Lipinski definition) is 2. The van der Waals surface area contributed by atoms with Crippen LogP contribution >= 0.6 is 0 Å². The van der Waals surface area contributed by atoms with Gasteiger partial charge in [0, 0.05) is 17.8 Å². The first-order valence-corrected chi connectivity index (χ1v) is 5.78. The van der Waals surface area contributed by atoms with E-state index in [2.05, 4.69) is 23.6 Å². The van der Waals surface area contributed by atoms with Gasteiger partial charge >= 0.3 is 0 Å². The summed E-state index contributed by atoms with van der Waals surface area (Å²) in [6, 6.07) is 10.9. The predicted octanol–water partition coefficient (Wildman–Crippen LogP) is 2.11. The first-order valence-electron chi connectivity index (χ1n) is 5.78. The molecule has 16 heavy (non-hydrogen) atoms. The third-order valence-electron chi connectivity index (χ3n) is 2.99. The van der Waals surface area contributed by atoms with Crippen LogP contribution in [0.4, 0.5) is 5.69 Å². The normalized spacial score (nSPS) is 24.8. The lowest BCUT2D eigenvalue weighted by Crippen LogP contribution is -2.41. The molecule has 0 amide bonds. The number of piperidine rings is 1. The third kappa shape index (κ3) is 2.74. The lowest BCUT2D eigenvalue weighted by atomic mass is 10.0. The summed E-state index contributed by atoms with van der Waals surface area (Å²) in [6.45, 7) is 3.27. The lowest BCUT2D eigenvalue weighted by Gasteiger charge is -2.29. The summed E-state index contributed by atoms with van der Waals surface area (Å²) in [6.07, 6.45) is 2.28. The van der Waals surface area contributed by atoms with Crippen LogP contribution < -0.4 is 10.6 Å². The first-order chi connectivity index (χ1) is 7.78. The van der Waals surface area contributed by atoms with E-state index in [1.54, 1.807) is 0 Å². The van der Waals surface area contributed by atoms with Gasteiger partial charge in [-0.25, -0.2) is 0 Å². The molecule has 0 aromatic heterocycles. The zero-order valence-electron chi connectivity index (χ0n) is 9.53. The van der Waals surface area contributed by atoms with Gasteiger partial charge in [0.05, 0.1) is 11.6 Å². The minimum absolute atomic E-state index is 0.519. The fraction of sp³-hybridized carbons (Fsp3) is 0.462. The molecule has 1 heterocycles. The smallest absolute Gasteiger partial charge is 0.0992 e. The molecular formula is C13H17N3. The molecule has 1 fully saturated rings. The minimum atomic E-state index is 0.519. The third-order valence-corrected chi connectivity index (χ3v) is 2.99. The molecule has 2 N–H and O–H groups in total. The van der Waals surface area contributed by atoms with Crippen LogP contribution in [0.2, 0.25) is 0 Å². The number of nitriles is 1. The highest BCUT2D eigenvalue weighted by molar-refractivity contribution is 5.49. The number of anilines is 1. The molecule has 1 aromatic carbocycles. The molecule has 1 aliphatic rings. The van der Waals surface area contributed by atoms with Gasteiger partial charge in [-0.15, -0.1) is 0 Å². The van der Waals surface area contributed by atoms with Gasteiger partial charge in [-0.2, -0.15) is 5.26 Å². The van der Waals surface area contributed by atoms with Crippen LogP contribution in [0.3, 0.4) is 0 Å². The largest absolute Gasteiger partial charge is 0.382 e. The molecule has 2 unspecified atom stereocenters. The van der Waals surface area contributed by atoms with Crippen LogP contribution in [0.5, 0.6) is 0 Å². The van der Waals surface area contributed by atoms with E-state index in [0.29, 0.717) is 17.6 Å². The van der Waals surface area contributed by atoms with Crippen molar-refractivity contribution >= 4 is 5.69 Å². The molecule has 0 spiro atoms. The van der Waals surface area contributed by atoms with E-state index in [4.69, 9.17) is 5.26 Å². The summed E-state index contributed by atoms with van der Waals surface area (Å²) >= 11 is 0. The summed E-state index contributed by atoms with van der Waals surface area (Å²) in [4.78, 5) is 0. The number of nitrogens with zero attached hydrogens (tertiary/aromatic N) is 1. The molecule has 2 rings (SSSR count). The van der Waals surface area contributed by atoms with Gasteiger partial charge in [0.25, 0.3) is 0 Å². The Morgan fingerprint density at radius 3 is 3.12 bits per heavy atom. The highest BCUT2D eigenvalue weighted by Crippen LogP contribution is 2.16. The van der Waals surface area contributed by atoms with E-state index in [1.807, 2.05) is 24.3 Å². The summed E-state index contributed by atoms with van der Waals surface area (Å²) in [5, 5.41) is 15.7. The molecule has 0 bridgehead atoms. The molecule has 2 atom stereocenters. The number of rotatable bonds is 2. The maximum atomic E-state index is 8.82. The Bertz CT molecular complexity index is 394. The quantitative estimate of drug-likeness (QED) is 0.794. The first kappa shape index (κ1) is 11.0. The van der Waals surface area contributed by atoms with E-state index < -0.39 is 0 Å². The van der Waals surface area contributed by atoms with Gasteiger partial charge in [-0.1, -0.05) is 6.07 Å². The van der Waals surface area contributed by atoms with Crippen LogP contribution in [-0.2, 0) is 0 Å². The van der Waals surface area contributed by atoms with E-state index in [9.17, 15) is 0 Å². The van der Waals surface area contributed by atoms with Crippen molar-refractivity contribution in [3.63, 3.8) is 0 Å². The Labute approximate surface area is 96.5 Å². The van der Waals surface area contributed by atoms with Gasteiger partial charge in [0.15, 0.2) is 0 Å². The Morgan fingerprint density at radius 1 is 1.50 bits per heavy atom. The molecule has 1 aliphatic heterocycles. The van der Waals surface area contributed by atoms with Gasteiger partial charge < -0.3 is 10.6 Å².